The lowest BCUT2D eigenvalue weighted by molar-refractivity contribution is -0.137. The van der Waals surface area contributed by atoms with Crippen molar-refractivity contribution >= 4 is 5.91 Å². The van der Waals surface area contributed by atoms with Crippen LogP contribution in [0.3, 0.4) is 0 Å². The summed E-state index contributed by atoms with van der Waals surface area (Å²) in [5, 5.41) is 3.11. The van der Waals surface area contributed by atoms with Gasteiger partial charge in [-0.25, -0.2) is 0 Å². The monoisotopic (exact) mass is 297 g/mol. The number of rotatable bonds is 8. The van der Waals surface area contributed by atoms with Crippen LogP contribution in [0.4, 0.5) is 0 Å². The molecule has 3 atom stereocenters. The summed E-state index contributed by atoms with van der Waals surface area (Å²) in [5.41, 5.74) is 0. The number of ether oxygens (including phenoxy) is 2. The van der Waals surface area contributed by atoms with Crippen LogP contribution >= 0.6 is 0 Å². The maximum atomic E-state index is 12.3. The second-order valence-electron chi connectivity index (χ2n) is 6.56. The Hall–Kier alpha value is -0.610. The second kappa shape index (κ2) is 8.74. The fraction of sp³-hybridized carbons (Fsp3) is 0.941. The summed E-state index contributed by atoms with van der Waals surface area (Å²) in [6, 6.07) is 0.197. The quantitative estimate of drug-likeness (QED) is 0.748. The highest BCUT2D eigenvalue weighted by atomic mass is 16.5. The number of hydrogen-bond donors (Lipinski definition) is 1. The molecule has 0 aromatic carbocycles. The molecule has 1 aliphatic carbocycles. The second-order valence-corrected chi connectivity index (χ2v) is 6.56. The molecular weight excluding hydrogens is 266 g/mol. The van der Waals surface area contributed by atoms with Crippen molar-refractivity contribution in [2.45, 2.75) is 96.0 Å². The molecule has 4 heteroatoms. The van der Waals surface area contributed by atoms with E-state index in [1.54, 1.807) is 0 Å². The molecule has 1 saturated carbocycles. The third-order valence-electron chi connectivity index (χ3n) is 4.66. The summed E-state index contributed by atoms with van der Waals surface area (Å²) in [7, 11) is 0. The standard InChI is InChI=1S/C17H31NO3/c1-3-16(21-15-7-4-5-8-15)17(19)18-13(2)10-11-14-9-6-12-20-14/h13-16H,3-12H2,1-2H3,(H,18,19)/t13-,14+,16+/m1/s1. The highest BCUT2D eigenvalue weighted by Gasteiger charge is 2.25. The lowest BCUT2D eigenvalue weighted by Crippen LogP contribution is -2.42. The average molecular weight is 297 g/mol. The van der Waals surface area contributed by atoms with Crippen LogP contribution in [0.2, 0.25) is 0 Å². The molecule has 21 heavy (non-hydrogen) atoms. The van der Waals surface area contributed by atoms with Crippen molar-refractivity contribution in [2.75, 3.05) is 6.61 Å². The lowest BCUT2D eigenvalue weighted by Gasteiger charge is -2.23. The average Bonchev–Trinajstić information content (AvgIpc) is 3.15. The van der Waals surface area contributed by atoms with E-state index in [1.807, 2.05) is 6.92 Å². The number of nitrogens with one attached hydrogen (secondary N) is 1. The van der Waals surface area contributed by atoms with Gasteiger partial charge >= 0.3 is 0 Å². The van der Waals surface area contributed by atoms with E-state index >= 15 is 0 Å². The highest BCUT2D eigenvalue weighted by molar-refractivity contribution is 5.80. The van der Waals surface area contributed by atoms with Gasteiger partial charge in [0, 0.05) is 12.6 Å². The normalized spacial score (nSPS) is 25.9. The molecule has 1 N–H and O–H groups in total. The molecule has 2 aliphatic rings. The van der Waals surface area contributed by atoms with Gasteiger partial charge in [0.05, 0.1) is 12.2 Å². The molecule has 1 aliphatic heterocycles. The van der Waals surface area contributed by atoms with Crippen molar-refractivity contribution in [1.82, 2.24) is 5.32 Å². The largest absolute Gasteiger partial charge is 0.378 e. The zero-order valence-corrected chi connectivity index (χ0v) is 13.6. The van der Waals surface area contributed by atoms with Gasteiger partial charge in [-0.05, 0) is 51.9 Å². The van der Waals surface area contributed by atoms with E-state index in [-0.39, 0.29) is 18.1 Å². The molecule has 2 rings (SSSR count). The minimum Gasteiger partial charge on any atom is -0.378 e. The van der Waals surface area contributed by atoms with Crippen molar-refractivity contribution in [1.29, 1.82) is 0 Å². The van der Waals surface area contributed by atoms with Crippen LogP contribution in [0, 0.1) is 0 Å². The SMILES string of the molecule is CC[C@H](OC1CCCC1)C(=O)N[C@H](C)CC[C@@H]1CCCO1. The zero-order valence-electron chi connectivity index (χ0n) is 13.6. The van der Waals surface area contributed by atoms with E-state index in [9.17, 15) is 4.79 Å². The minimum atomic E-state index is -0.279. The predicted molar refractivity (Wildman–Crippen MR) is 83.2 cm³/mol. The first kappa shape index (κ1) is 16.8. The Labute approximate surface area is 129 Å². The highest BCUT2D eigenvalue weighted by Crippen LogP contribution is 2.23. The topological polar surface area (TPSA) is 47.6 Å². The Morgan fingerprint density at radius 3 is 2.67 bits per heavy atom. The van der Waals surface area contributed by atoms with Gasteiger partial charge in [-0.15, -0.1) is 0 Å². The van der Waals surface area contributed by atoms with Crippen LogP contribution in [0.1, 0.15) is 71.6 Å². The molecule has 0 unspecified atom stereocenters. The Bertz CT molecular complexity index is 309. The van der Waals surface area contributed by atoms with Crippen molar-refractivity contribution in [3.63, 3.8) is 0 Å². The number of carbonyl (C=O) groups is 1. The first-order chi connectivity index (χ1) is 10.2. The number of hydrogen-bond acceptors (Lipinski definition) is 3. The number of carbonyl (C=O) groups excluding carboxylic acids is 1. The smallest absolute Gasteiger partial charge is 0.249 e. The van der Waals surface area contributed by atoms with E-state index in [0.717, 1.165) is 38.7 Å². The van der Waals surface area contributed by atoms with E-state index in [0.29, 0.717) is 12.2 Å². The van der Waals surface area contributed by atoms with Gasteiger partial charge in [0.25, 0.3) is 0 Å². The third-order valence-corrected chi connectivity index (χ3v) is 4.66. The van der Waals surface area contributed by atoms with Crippen LogP contribution < -0.4 is 5.32 Å². The summed E-state index contributed by atoms with van der Waals surface area (Å²) in [6.45, 7) is 5.00. The summed E-state index contributed by atoms with van der Waals surface area (Å²) in [6.07, 6.45) is 10.2. The fourth-order valence-electron chi connectivity index (χ4n) is 3.32. The Balaban J connectivity index is 1.67. The molecule has 0 bridgehead atoms. The molecule has 2 fully saturated rings. The molecular formula is C17H31NO3. The van der Waals surface area contributed by atoms with Gasteiger partial charge < -0.3 is 14.8 Å². The van der Waals surface area contributed by atoms with E-state index in [2.05, 4.69) is 12.2 Å². The van der Waals surface area contributed by atoms with E-state index in [4.69, 9.17) is 9.47 Å². The molecule has 0 aromatic rings. The van der Waals surface area contributed by atoms with Gasteiger partial charge in [-0.1, -0.05) is 19.8 Å². The Morgan fingerprint density at radius 2 is 2.05 bits per heavy atom. The van der Waals surface area contributed by atoms with Gasteiger partial charge in [0.2, 0.25) is 5.91 Å². The zero-order chi connectivity index (χ0) is 15.1. The molecule has 1 saturated heterocycles. The first-order valence-electron chi connectivity index (χ1n) is 8.76. The van der Waals surface area contributed by atoms with E-state index < -0.39 is 0 Å². The van der Waals surface area contributed by atoms with E-state index in [1.165, 1.54) is 25.7 Å². The first-order valence-corrected chi connectivity index (χ1v) is 8.76. The Morgan fingerprint density at radius 1 is 1.29 bits per heavy atom. The van der Waals surface area contributed by atoms with Crippen molar-refractivity contribution in [2.24, 2.45) is 0 Å². The molecule has 122 valence electrons. The maximum Gasteiger partial charge on any atom is 0.249 e. The fourth-order valence-corrected chi connectivity index (χ4v) is 3.32. The summed E-state index contributed by atoms with van der Waals surface area (Å²) in [5.74, 6) is 0.0595. The maximum absolute atomic E-state index is 12.3. The molecule has 0 radical (unpaired) electrons. The summed E-state index contributed by atoms with van der Waals surface area (Å²) >= 11 is 0. The molecule has 0 aromatic heterocycles. The molecule has 1 amide bonds. The molecule has 1 heterocycles. The van der Waals surface area contributed by atoms with Gasteiger partial charge in [0.1, 0.15) is 6.10 Å². The summed E-state index contributed by atoms with van der Waals surface area (Å²) in [4.78, 5) is 12.3. The predicted octanol–water partition coefficient (Wildman–Crippen LogP) is 3.19. The van der Waals surface area contributed by atoms with Crippen molar-refractivity contribution in [3.8, 4) is 0 Å². The van der Waals surface area contributed by atoms with Crippen LogP contribution in [0.25, 0.3) is 0 Å². The van der Waals surface area contributed by atoms with Crippen molar-refractivity contribution < 1.29 is 14.3 Å². The minimum absolute atomic E-state index is 0.0595. The molecule has 4 nitrogen and oxygen atoms in total. The Kier molecular flexibility index (Phi) is 6.97. The van der Waals surface area contributed by atoms with Crippen LogP contribution in [0.5, 0.6) is 0 Å². The van der Waals surface area contributed by atoms with Gasteiger partial charge in [-0.3, -0.25) is 4.79 Å². The lowest BCUT2D eigenvalue weighted by atomic mass is 10.1. The van der Waals surface area contributed by atoms with Crippen LogP contribution in [-0.2, 0) is 14.3 Å². The summed E-state index contributed by atoms with van der Waals surface area (Å²) < 4.78 is 11.6. The third kappa shape index (κ3) is 5.59. The molecule has 0 spiro atoms. The van der Waals surface area contributed by atoms with Crippen LogP contribution in [-0.4, -0.2) is 36.9 Å². The van der Waals surface area contributed by atoms with Crippen molar-refractivity contribution in [3.05, 3.63) is 0 Å². The van der Waals surface area contributed by atoms with Gasteiger partial charge in [-0.2, -0.15) is 0 Å². The van der Waals surface area contributed by atoms with Gasteiger partial charge in [0.15, 0.2) is 0 Å². The van der Waals surface area contributed by atoms with Crippen LogP contribution in [0.15, 0.2) is 0 Å². The number of amides is 1.